The molecule has 0 saturated heterocycles. The first kappa shape index (κ1) is 76.4. The highest BCUT2D eigenvalue weighted by Gasteiger charge is 2.19. The summed E-state index contributed by atoms with van der Waals surface area (Å²) in [6.45, 7) is 6.51. The normalized spacial score (nSPS) is 12.3. The lowest BCUT2D eigenvalue weighted by molar-refractivity contribution is -0.167. The molecule has 0 saturated carbocycles. The maximum absolute atomic E-state index is 12.9. The molecular weight excluding hydrogens is 973 g/mol. The van der Waals surface area contributed by atoms with Crippen LogP contribution in [0.2, 0.25) is 0 Å². The van der Waals surface area contributed by atoms with Crippen LogP contribution in [-0.2, 0) is 28.6 Å². The van der Waals surface area contributed by atoms with E-state index in [-0.39, 0.29) is 31.1 Å². The molecule has 79 heavy (non-hydrogen) atoms. The second-order valence-corrected chi connectivity index (χ2v) is 23.8. The zero-order valence-corrected chi connectivity index (χ0v) is 53.2. The fourth-order valence-electron chi connectivity index (χ4n) is 10.6. The zero-order chi connectivity index (χ0) is 57.1. The average Bonchev–Trinajstić information content (AvgIpc) is 3.45. The molecule has 0 aromatic rings. The Morgan fingerprint density at radius 1 is 0.266 bits per heavy atom. The number of esters is 3. The first-order valence-corrected chi connectivity index (χ1v) is 35.1. The number of carbonyl (C=O) groups is 3. The molecule has 0 rings (SSSR count). The fourth-order valence-corrected chi connectivity index (χ4v) is 10.6. The topological polar surface area (TPSA) is 78.9 Å². The van der Waals surface area contributed by atoms with Crippen LogP contribution in [0.5, 0.6) is 0 Å². The van der Waals surface area contributed by atoms with E-state index >= 15 is 0 Å². The van der Waals surface area contributed by atoms with Crippen LogP contribution in [0.3, 0.4) is 0 Å². The monoisotopic (exact) mass is 1110 g/mol. The summed E-state index contributed by atoms with van der Waals surface area (Å²) in [5.74, 6) is -0.864. The lowest BCUT2D eigenvalue weighted by Crippen LogP contribution is -2.30. The van der Waals surface area contributed by atoms with Crippen LogP contribution in [0, 0.1) is 0 Å². The zero-order valence-electron chi connectivity index (χ0n) is 53.2. The molecule has 0 aliphatic rings. The minimum atomic E-state index is -0.769. The van der Waals surface area contributed by atoms with E-state index in [1.54, 1.807) is 0 Å². The van der Waals surface area contributed by atoms with Crippen LogP contribution in [0.4, 0.5) is 0 Å². The van der Waals surface area contributed by atoms with Crippen LogP contribution in [0.15, 0.2) is 48.6 Å². The molecule has 0 aromatic carbocycles. The predicted octanol–water partition coefficient (Wildman–Crippen LogP) is 24.1. The van der Waals surface area contributed by atoms with E-state index in [0.29, 0.717) is 19.3 Å². The smallest absolute Gasteiger partial charge is 0.306 e. The Morgan fingerprint density at radius 2 is 0.494 bits per heavy atom. The van der Waals surface area contributed by atoms with Gasteiger partial charge in [0.25, 0.3) is 0 Å². The first-order chi connectivity index (χ1) is 39.0. The summed E-state index contributed by atoms with van der Waals surface area (Å²) >= 11 is 0. The molecule has 0 heterocycles. The highest BCUT2D eigenvalue weighted by atomic mass is 16.6. The third-order valence-corrected chi connectivity index (χ3v) is 15.8. The van der Waals surface area contributed by atoms with Gasteiger partial charge in [-0.05, 0) is 57.8 Å². The molecule has 0 aliphatic carbocycles. The molecule has 0 spiro atoms. The van der Waals surface area contributed by atoms with Crippen molar-refractivity contribution in [1.82, 2.24) is 0 Å². The number of hydrogen-bond acceptors (Lipinski definition) is 6. The molecule has 462 valence electrons. The molecule has 0 fully saturated rings. The lowest BCUT2D eigenvalue weighted by atomic mass is 10.0. The average molecular weight is 1110 g/mol. The van der Waals surface area contributed by atoms with E-state index in [4.69, 9.17) is 14.2 Å². The molecule has 0 radical (unpaired) electrons. The Bertz CT molecular complexity index is 1360. The van der Waals surface area contributed by atoms with Crippen molar-refractivity contribution in [3.8, 4) is 0 Å². The van der Waals surface area contributed by atoms with Crippen LogP contribution >= 0.6 is 0 Å². The van der Waals surface area contributed by atoms with Gasteiger partial charge in [-0.2, -0.15) is 0 Å². The maximum Gasteiger partial charge on any atom is 0.306 e. The lowest BCUT2D eigenvalue weighted by Gasteiger charge is -2.18. The minimum absolute atomic E-state index is 0.0694. The molecule has 6 heteroatoms. The van der Waals surface area contributed by atoms with Crippen molar-refractivity contribution < 1.29 is 28.6 Å². The number of rotatable bonds is 65. The summed E-state index contributed by atoms with van der Waals surface area (Å²) in [6.07, 6.45) is 86.4. The van der Waals surface area contributed by atoms with Gasteiger partial charge >= 0.3 is 17.9 Å². The Morgan fingerprint density at radius 3 is 0.772 bits per heavy atom. The SMILES string of the molecule is CC/C=C\C/C=C\C/C=C\C/C=C\CCCCCCCCCCCCCCC(=O)OC(COC(=O)CCCCCCC)COC(=O)CCCCCCCCCCCCCCCCCCCCCCCCCCCCCCCCC. The third-order valence-electron chi connectivity index (χ3n) is 15.8. The molecule has 0 N–H and O–H groups in total. The highest BCUT2D eigenvalue weighted by molar-refractivity contribution is 5.71. The number of hydrogen-bond donors (Lipinski definition) is 0. The molecule has 0 aromatic heterocycles. The quantitative estimate of drug-likeness (QED) is 0.0261. The summed E-state index contributed by atoms with van der Waals surface area (Å²) in [4.78, 5) is 38.0. The van der Waals surface area contributed by atoms with Gasteiger partial charge in [0.1, 0.15) is 13.2 Å². The fraction of sp³-hybridized carbons (Fsp3) is 0.849. The minimum Gasteiger partial charge on any atom is -0.462 e. The Kier molecular flexibility index (Phi) is 65.6. The number of carbonyl (C=O) groups excluding carboxylic acids is 3. The molecule has 1 unspecified atom stereocenters. The van der Waals surface area contributed by atoms with E-state index < -0.39 is 6.10 Å². The van der Waals surface area contributed by atoms with Gasteiger partial charge in [0, 0.05) is 19.3 Å². The summed E-state index contributed by atoms with van der Waals surface area (Å²) < 4.78 is 16.8. The summed E-state index contributed by atoms with van der Waals surface area (Å²) in [7, 11) is 0. The molecule has 0 aliphatic heterocycles. The van der Waals surface area contributed by atoms with E-state index in [9.17, 15) is 14.4 Å². The molecule has 0 amide bonds. The molecule has 6 nitrogen and oxygen atoms in total. The maximum atomic E-state index is 12.9. The van der Waals surface area contributed by atoms with Crippen molar-refractivity contribution in [2.45, 2.75) is 386 Å². The van der Waals surface area contributed by atoms with Crippen LogP contribution in [0.1, 0.15) is 380 Å². The number of unbranched alkanes of at least 4 members (excludes halogenated alkanes) is 46. The number of allylic oxidation sites excluding steroid dienone is 8. The van der Waals surface area contributed by atoms with Crippen molar-refractivity contribution in [1.29, 1.82) is 0 Å². The summed E-state index contributed by atoms with van der Waals surface area (Å²) in [6, 6.07) is 0. The second kappa shape index (κ2) is 67.9. The number of ether oxygens (including phenoxy) is 3. The van der Waals surface area contributed by atoms with Crippen molar-refractivity contribution in [3.63, 3.8) is 0 Å². The highest BCUT2D eigenvalue weighted by Crippen LogP contribution is 2.19. The molecule has 0 bridgehead atoms. The van der Waals surface area contributed by atoms with Gasteiger partial charge in [-0.1, -0.05) is 352 Å². The second-order valence-electron chi connectivity index (χ2n) is 23.8. The standard InChI is InChI=1S/C73H134O6/c1-4-7-10-13-15-17-19-21-23-25-27-29-31-33-34-35-36-37-38-40-41-43-45-47-49-51-53-55-57-60-63-66-72(75)78-69-70(68-77-71(74)65-62-59-12-9-6-3)79-73(76)67-64-61-58-56-54-52-50-48-46-44-42-39-32-30-28-26-24-22-20-18-16-14-11-8-5-2/h8,11,16,18,22,24,28,30,70H,4-7,9-10,12-15,17,19-21,23,25-27,29,31-69H2,1-3H3/b11-8-,18-16-,24-22-,30-28-. The van der Waals surface area contributed by atoms with Crippen LogP contribution in [0.25, 0.3) is 0 Å². The largest absolute Gasteiger partial charge is 0.462 e. The van der Waals surface area contributed by atoms with Gasteiger partial charge in [0.2, 0.25) is 0 Å². The van der Waals surface area contributed by atoms with E-state index in [1.807, 2.05) is 0 Å². The van der Waals surface area contributed by atoms with Gasteiger partial charge in [0.05, 0.1) is 0 Å². The summed E-state index contributed by atoms with van der Waals surface area (Å²) in [5, 5.41) is 0. The Labute approximate surface area is 492 Å². The van der Waals surface area contributed by atoms with Gasteiger partial charge < -0.3 is 14.2 Å². The third kappa shape index (κ3) is 66.1. The van der Waals surface area contributed by atoms with Crippen LogP contribution < -0.4 is 0 Å². The van der Waals surface area contributed by atoms with Crippen molar-refractivity contribution >= 4 is 17.9 Å². The first-order valence-electron chi connectivity index (χ1n) is 35.1. The predicted molar refractivity (Wildman–Crippen MR) is 344 cm³/mol. The molecular formula is C73H134O6. The van der Waals surface area contributed by atoms with E-state index in [2.05, 4.69) is 69.4 Å². The van der Waals surface area contributed by atoms with Crippen molar-refractivity contribution in [2.75, 3.05) is 13.2 Å². The van der Waals surface area contributed by atoms with Gasteiger partial charge in [-0.25, -0.2) is 0 Å². The van der Waals surface area contributed by atoms with Gasteiger partial charge in [-0.3, -0.25) is 14.4 Å². The Hall–Kier alpha value is -2.63. The van der Waals surface area contributed by atoms with Crippen LogP contribution in [-0.4, -0.2) is 37.2 Å². The Balaban J connectivity index is 3.92. The van der Waals surface area contributed by atoms with E-state index in [1.165, 1.54) is 250 Å². The van der Waals surface area contributed by atoms with Crippen molar-refractivity contribution in [3.05, 3.63) is 48.6 Å². The summed E-state index contributed by atoms with van der Waals surface area (Å²) in [5.41, 5.74) is 0. The van der Waals surface area contributed by atoms with E-state index in [0.717, 1.165) is 89.9 Å². The molecule has 1 atom stereocenters. The van der Waals surface area contributed by atoms with Crippen molar-refractivity contribution in [2.24, 2.45) is 0 Å². The van der Waals surface area contributed by atoms with Gasteiger partial charge in [0.15, 0.2) is 6.10 Å². The van der Waals surface area contributed by atoms with Gasteiger partial charge in [-0.15, -0.1) is 0 Å².